The lowest BCUT2D eigenvalue weighted by Crippen LogP contribution is -2.41. The van der Waals surface area contributed by atoms with Crippen molar-refractivity contribution in [3.05, 3.63) is 28.2 Å². The van der Waals surface area contributed by atoms with Gasteiger partial charge in [0.05, 0.1) is 13.5 Å². The van der Waals surface area contributed by atoms with Crippen molar-refractivity contribution < 1.29 is 19.4 Å². The van der Waals surface area contributed by atoms with Crippen LogP contribution in [0.5, 0.6) is 5.75 Å². The number of methoxy groups -OCH3 is 1. The number of carboxylic acid groups (broad SMARTS) is 1. The van der Waals surface area contributed by atoms with Crippen LogP contribution < -0.4 is 10.1 Å². The zero-order valence-corrected chi connectivity index (χ0v) is 13.4. The Kier molecular flexibility index (Phi) is 5.22. The minimum atomic E-state index is -0.972. The van der Waals surface area contributed by atoms with E-state index < -0.39 is 12.0 Å². The number of carbonyl (C=O) groups is 2. The van der Waals surface area contributed by atoms with Gasteiger partial charge in [0.15, 0.2) is 0 Å². The van der Waals surface area contributed by atoms with Crippen LogP contribution in [0.4, 0.5) is 0 Å². The Bertz CT molecular complexity index is 542. The van der Waals surface area contributed by atoms with Gasteiger partial charge in [-0.2, -0.15) is 0 Å². The van der Waals surface area contributed by atoms with Gasteiger partial charge in [0, 0.05) is 4.47 Å². The second-order valence-corrected chi connectivity index (χ2v) is 6.13. The van der Waals surface area contributed by atoms with Crippen LogP contribution in [-0.2, 0) is 16.0 Å². The van der Waals surface area contributed by atoms with Gasteiger partial charge >= 0.3 is 5.97 Å². The molecule has 0 spiro atoms. The summed E-state index contributed by atoms with van der Waals surface area (Å²) in [6.45, 7) is 0. The smallest absolute Gasteiger partial charge is 0.326 e. The number of hydrogen-bond donors (Lipinski definition) is 2. The lowest BCUT2D eigenvalue weighted by atomic mass is 10.1. The van der Waals surface area contributed by atoms with Gasteiger partial charge in [-0.05, 0) is 36.1 Å². The third-order valence-corrected chi connectivity index (χ3v) is 4.28. The van der Waals surface area contributed by atoms with Gasteiger partial charge in [0.25, 0.3) is 0 Å². The van der Waals surface area contributed by atoms with Gasteiger partial charge in [0.2, 0.25) is 5.91 Å². The van der Waals surface area contributed by atoms with E-state index in [1.807, 2.05) is 0 Å². The normalized spacial score (nSPS) is 15.3. The largest absolute Gasteiger partial charge is 0.497 e. The maximum atomic E-state index is 12.0. The molecule has 1 unspecified atom stereocenters. The van der Waals surface area contributed by atoms with Crippen molar-refractivity contribution in [1.82, 2.24) is 5.32 Å². The summed E-state index contributed by atoms with van der Waals surface area (Å²) in [4.78, 5) is 23.2. The number of carbonyl (C=O) groups excluding carboxylic acids is 1. The fraction of sp³-hybridized carbons (Fsp3) is 0.467. The first-order chi connectivity index (χ1) is 9.99. The zero-order valence-electron chi connectivity index (χ0n) is 11.8. The molecule has 0 heterocycles. The van der Waals surface area contributed by atoms with Crippen molar-refractivity contribution in [2.45, 2.75) is 31.7 Å². The molecule has 114 valence electrons. The maximum absolute atomic E-state index is 12.0. The summed E-state index contributed by atoms with van der Waals surface area (Å²) in [5, 5.41) is 11.8. The van der Waals surface area contributed by atoms with E-state index in [1.165, 1.54) is 0 Å². The van der Waals surface area contributed by atoms with Crippen LogP contribution in [0.3, 0.4) is 0 Å². The number of hydrogen-bond acceptors (Lipinski definition) is 3. The summed E-state index contributed by atoms with van der Waals surface area (Å²) in [6.07, 6.45) is 2.74. The molecule has 2 N–H and O–H groups in total. The van der Waals surface area contributed by atoms with E-state index in [4.69, 9.17) is 9.84 Å². The van der Waals surface area contributed by atoms with Crippen LogP contribution in [-0.4, -0.2) is 30.1 Å². The molecule has 1 aliphatic carbocycles. The Balaban J connectivity index is 1.97. The minimum Gasteiger partial charge on any atom is -0.497 e. The molecule has 21 heavy (non-hydrogen) atoms. The third kappa shape index (κ3) is 4.74. The van der Waals surface area contributed by atoms with E-state index in [0.717, 1.165) is 22.9 Å². The molecule has 2 rings (SSSR count). The first-order valence-electron chi connectivity index (χ1n) is 6.84. The first kappa shape index (κ1) is 15.8. The van der Waals surface area contributed by atoms with Gasteiger partial charge < -0.3 is 15.2 Å². The number of rotatable bonds is 7. The van der Waals surface area contributed by atoms with E-state index in [-0.39, 0.29) is 12.3 Å². The Hall–Kier alpha value is -1.56. The lowest BCUT2D eigenvalue weighted by molar-refractivity contribution is -0.142. The second kappa shape index (κ2) is 6.93. The van der Waals surface area contributed by atoms with Crippen molar-refractivity contribution >= 4 is 27.8 Å². The van der Waals surface area contributed by atoms with E-state index >= 15 is 0 Å². The van der Waals surface area contributed by atoms with Crippen molar-refractivity contribution in [1.29, 1.82) is 0 Å². The molecular weight excluding hydrogens is 338 g/mol. The van der Waals surface area contributed by atoms with Crippen LogP contribution in [0.15, 0.2) is 22.7 Å². The highest BCUT2D eigenvalue weighted by atomic mass is 79.9. The maximum Gasteiger partial charge on any atom is 0.326 e. The number of aliphatic carboxylic acids is 1. The number of carboxylic acids is 1. The molecular formula is C15H18BrNO4. The van der Waals surface area contributed by atoms with Gasteiger partial charge in [-0.1, -0.05) is 28.8 Å². The summed E-state index contributed by atoms with van der Waals surface area (Å²) >= 11 is 3.38. The number of halogens is 1. The summed E-state index contributed by atoms with van der Waals surface area (Å²) in [5.74, 6) is -0.166. The average Bonchev–Trinajstić information content (AvgIpc) is 3.24. The Morgan fingerprint density at radius 3 is 2.76 bits per heavy atom. The third-order valence-electron chi connectivity index (χ3n) is 3.50. The van der Waals surface area contributed by atoms with Crippen LogP contribution >= 0.6 is 15.9 Å². The average molecular weight is 356 g/mol. The number of nitrogens with one attached hydrogen (secondary N) is 1. The molecule has 0 bridgehead atoms. The van der Waals surface area contributed by atoms with Crippen molar-refractivity contribution in [3.63, 3.8) is 0 Å². The zero-order chi connectivity index (χ0) is 15.4. The first-order valence-corrected chi connectivity index (χ1v) is 7.63. The molecule has 1 aromatic rings. The molecule has 0 radical (unpaired) electrons. The van der Waals surface area contributed by atoms with Crippen molar-refractivity contribution in [2.24, 2.45) is 5.92 Å². The van der Waals surface area contributed by atoms with Crippen molar-refractivity contribution in [3.8, 4) is 5.75 Å². The Morgan fingerprint density at radius 1 is 1.48 bits per heavy atom. The molecule has 1 aromatic carbocycles. The fourth-order valence-corrected chi connectivity index (χ4v) is 2.53. The Labute approximate surface area is 131 Å². The predicted octanol–water partition coefficient (Wildman–Crippen LogP) is 2.37. The van der Waals surface area contributed by atoms with Gasteiger partial charge in [0.1, 0.15) is 11.8 Å². The predicted molar refractivity (Wildman–Crippen MR) is 81.3 cm³/mol. The standard InChI is InChI=1S/C15H18BrNO4/c1-21-11-4-5-12(16)10(7-11)8-14(18)17-13(15(19)20)6-9-2-3-9/h4-5,7,9,13H,2-3,6,8H2,1H3,(H,17,18)(H,19,20). The summed E-state index contributed by atoms with van der Waals surface area (Å²) in [7, 11) is 1.56. The number of amides is 1. The fourth-order valence-electron chi connectivity index (χ4n) is 2.14. The summed E-state index contributed by atoms with van der Waals surface area (Å²) < 4.78 is 5.92. The van der Waals surface area contributed by atoms with Crippen LogP contribution in [0.1, 0.15) is 24.8 Å². The van der Waals surface area contributed by atoms with Gasteiger partial charge in [-0.3, -0.25) is 4.79 Å². The SMILES string of the molecule is COc1ccc(Br)c(CC(=O)NC(CC2CC2)C(=O)O)c1. The minimum absolute atomic E-state index is 0.117. The lowest BCUT2D eigenvalue weighted by Gasteiger charge is -2.14. The molecule has 0 saturated heterocycles. The molecule has 1 fully saturated rings. The second-order valence-electron chi connectivity index (χ2n) is 5.27. The quantitative estimate of drug-likeness (QED) is 0.787. The highest BCUT2D eigenvalue weighted by Crippen LogP contribution is 2.33. The topological polar surface area (TPSA) is 75.6 Å². The molecule has 5 nitrogen and oxygen atoms in total. The molecule has 6 heteroatoms. The molecule has 1 saturated carbocycles. The molecule has 1 atom stereocenters. The van der Waals surface area contributed by atoms with E-state index in [1.54, 1.807) is 25.3 Å². The van der Waals surface area contributed by atoms with Crippen LogP contribution in [0, 0.1) is 5.92 Å². The summed E-state index contributed by atoms with van der Waals surface area (Å²) in [5.41, 5.74) is 0.766. The number of benzene rings is 1. The monoisotopic (exact) mass is 355 g/mol. The molecule has 1 aliphatic rings. The highest BCUT2D eigenvalue weighted by Gasteiger charge is 2.30. The van der Waals surface area contributed by atoms with Gasteiger partial charge in [-0.25, -0.2) is 4.79 Å². The molecule has 0 aromatic heterocycles. The highest BCUT2D eigenvalue weighted by molar-refractivity contribution is 9.10. The molecule has 0 aliphatic heterocycles. The van der Waals surface area contributed by atoms with Crippen LogP contribution in [0.25, 0.3) is 0 Å². The molecule has 1 amide bonds. The summed E-state index contributed by atoms with van der Waals surface area (Å²) in [6, 6.07) is 4.56. The van der Waals surface area contributed by atoms with E-state index in [0.29, 0.717) is 18.1 Å². The Morgan fingerprint density at radius 2 is 2.19 bits per heavy atom. The van der Waals surface area contributed by atoms with E-state index in [9.17, 15) is 9.59 Å². The number of ether oxygens (including phenoxy) is 1. The van der Waals surface area contributed by atoms with Crippen LogP contribution in [0.2, 0.25) is 0 Å². The van der Waals surface area contributed by atoms with E-state index in [2.05, 4.69) is 21.2 Å². The van der Waals surface area contributed by atoms with Gasteiger partial charge in [-0.15, -0.1) is 0 Å². The van der Waals surface area contributed by atoms with Crippen molar-refractivity contribution in [2.75, 3.05) is 7.11 Å².